The molecule has 0 spiro atoms. The minimum atomic E-state index is -0.106. The largest absolute Gasteiger partial charge is 0.497 e. The molecule has 1 N–H and O–H groups in total. The van der Waals surface area contributed by atoms with Crippen LogP contribution in [0, 0.1) is 0 Å². The molecule has 1 atom stereocenters. The number of thioether (sulfide) groups is 1. The second-order valence-corrected chi connectivity index (χ2v) is 6.81. The summed E-state index contributed by atoms with van der Waals surface area (Å²) >= 11 is 1.44. The van der Waals surface area contributed by atoms with Crippen molar-refractivity contribution < 1.29 is 23.7 Å². The van der Waals surface area contributed by atoms with Crippen LogP contribution in [0.15, 0.2) is 47.4 Å². The minimum Gasteiger partial charge on any atom is -0.497 e. The number of rotatable bonds is 10. The molecule has 0 aliphatic carbocycles. The van der Waals surface area contributed by atoms with Gasteiger partial charge >= 0.3 is 0 Å². The first-order valence-electron chi connectivity index (χ1n) is 8.46. The summed E-state index contributed by atoms with van der Waals surface area (Å²) in [5.41, 5.74) is 0. The van der Waals surface area contributed by atoms with Gasteiger partial charge in [-0.15, -0.1) is 11.8 Å². The molecule has 2 aromatic rings. The molecular weight excluding hydrogens is 366 g/mol. The number of nitrogens with one attached hydrogen (secondary N) is 1. The van der Waals surface area contributed by atoms with Gasteiger partial charge in [-0.3, -0.25) is 4.79 Å². The number of methoxy groups -OCH3 is 3. The van der Waals surface area contributed by atoms with E-state index in [2.05, 4.69) is 5.32 Å². The zero-order valence-electron chi connectivity index (χ0n) is 16.0. The first-order chi connectivity index (χ1) is 13.0. The van der Waals surface area contributed by atoms with E-state index in [1.807, 2.05) is 49.4 Å². The van der Waals surface area contributed by atoms with Gasteiger partial charge in [0.25, 0.3) is 0 Å². The number of hydrogen-bond acceptors (Lipinski definition) is 6. The van der Waals surface area contributed by atoms with Crippen LogP contribution in [0.2, 0.25) is 0 Å². The molecule has 146 valence electrons. The normalized spacial score (nSPS) is 11.4. The molecule has 1 unspecified atom stereocenters. The standard InChI is InChI=1S/C20H25NO5S/c1-14(12-26-16-7-5-15(23-2)6-8-16)21-20(22)13-27-17-9-10-18(24-3)19(11-17)25-4/h5-11,14H,12-13H2,1-4H3,(H,21,22). The van der Waals surface area contributed by atoms with E-state index in [1.165, 1.54) is 11.8 Å². The lowest BCUT2D eigenvalue weighted by atomic mass is 10.3. The van der Waals surface area contributed by atoms with Gasteiger partial charge in [-0.25, -0.2) is 0 Å². The summed E-state index contributed by atoms with van der Waals surface area (Å²) in [6.45, 7) is 2.29. The van der Waals surface area contributed by atoms with Crippen molar-refractivity contribution in [2.24, 2.45) is 0 Å². The molecule has 1 amide bonds. The highest BCUT2D eigenvalue weighted by molar-refractivity contribution is 8.00. The molecule has 27 heavy (non-hydrogen) atoms. The Balaban J connectivity index is 1.75. The van der Waals surface area contributed by atoms with Crippen molar-refractivity contribution in [1.29, 1.82) is 0 Å². The highest BCUT2D eigenvalue weighted by Crippen LogP contribution is 2.31. The van der Waals surface area contributed by atoms with Crippen LogP contribution in [0.1, 0.15) is 6.92 Å². The Labute approximate surface area is 164 Å². The molecule has 0 saturated heterocycles. The molecule has 0 saturated carbocycles. The summed E-state index contributed by atoms with van der Waals surface area (Å²) in [7, 11) is 4.80. The quantitative estimate of drug-likeness (QED) is 0.627. The monoisotopic (exact) mass is 391 g/mol. The number of carbonyl (C=O) groups excluding carboxylic acids is 1. The van der Waals surface area contributed by atoms with Crippen molar-refractivity contribution in [2.75, 3.05) is 33.7 Å². The molecule has 0 heterocycles. The van der Waals surface area contributed by atoms with E-state index in [0.717, 1.165) is 16.4 Å². The molecular formula is C20H25NO5S. The average molecular weight is 391 g/mol. The van der Waals surface area contributed by atoms with Crippen molar-refractivity contribution in [1.82, 2.24) is 5.32 Å². The van der Waals surface area contributed by atoms with Crippen molar-refractivity contribution in [2.45, 2.75) is 17.9 Å². The van der Waals surface area contributed by atoms with Gasteiger partial charge in [-0.1, -0.05) is 0 Å². The summed E-state index contributed by atoms with van der Waals surface area (Å²) in [6.07, 6.45) is 0. The van der Waals surface area contributed by atoms with Crippen molar-refractivity contribution >= 4 is 17.7 Å². The molecule has 7 heteroatoms. The smallest absolute Gasteiger partial charge is 0.230 e. The maximum absolute atomic E-state index is 12.1. The zero-order valence-corrected chi connectivity index (χ0v) is 16.8. The Bertz CT molecular complexity index is 736. The Kier molecular flexibility index (Phi) is 8.13. The van der Waals surface area contributed by atoms with Crippen LogP contribution in [-0.4, -0.2) is 45.6 Å². The number of hydrogen-bond donors (Lipinski definition) is 1. The first-order valence-corrected chi connectivity index (χ1v) is 9.45. The molecule has 2 aromatic carbocycles. The summed E-state index contributed by atoms with van der Waals surface area (Å²) < 4.78 is 21.3. The van der Waals surface area contributed by atoms with Crippen LogP contribution in [0.5, 0.6) is 23.0 Å². The van der Waals surface area contributed by atoms with Gasteiger partial charge in [0.05, 0.1) is 33.1 Å². The third-order valence-corrected chi connectivity index (χ3v) is 4.69. The molecule has 6 nitrogen and oxygen atoms in total. The van der Waals surface area contributed by atoms with Crippen molar-refractivity contribution in [3.05, 3.63) is 42.5 Å². The lowest BCUT2D eigenvalue weighted by molar-refractivity contribution is -0.119. The van der Waals surface area contributed by atoms with Gasteiger partial charge in [0.2, 0.25) is 5.91 Å². The van der Waals surface area contributed by atoms with Gasteiger partial charge in [0.15, 0.2) is 11.5 Å². The van der Waals surface area contributed by atoms with Crippen LogP contribution in [0.25, 0.3) is 0 Å². The maximum atomic E-state index is 12.1. The molecule has 0 aliphatic heterocycles. The van der Waals surface area contributed by atoms with Crippen molar-refractivity contribution in [3.8, 4) is 23.0 Å². The minimum absolute atomic E-state index is 0.0550. The Morgan fingerprint density at radius 3 is 2.26 bits per heavy atom. The zero-order chi connectivity index (χ0) is 19.6. The highest BCUT2D eigenvalue weighted by atomic mass is 32.2. The first kappa shape index (κ1) is 20.8. The van der Waals surface area contributed by atoms with E-state index >= 15 is 0 Å². The Morgan fingerprint density at radius 2 is 1.63 bits per heavy atom. The third kappa shape index (κ3) is 6.60. The summed E-state index contributed by atoms with van der Waals surface area (Å²) in [5.74, 6) is 3.07. The van der Waals surface area contributed by atoms with Gasteiger partial charge in [0, 0.05) is 4.90 Å². The van der Waals surface area contributed by atoms with E-state index in [4.69, 9.17) is 18.9 Å². The summed E-state index contributed by atoms with van der Waals surface area (Å²) in [5, 5.41) is 2.93. The van der Waals surface area contributed by atoms with Crippen LogP contribution in [-0.2, 0) is 4.79 Å². The number of ether oxygens (including phenoxy) is 4. The van der Waals surface area contributed by atoms with E-state index in [1.54, 1.807) is 21.3 Å². The maximum Gasteiger partial charge on any atom is 0.230 e. The van der Waals surface area contributed by atoms with E-state index < -0.39 is 0 Å². The molecule has 0 aromatic heterocycles. The second kappa shape index (κ2) is 10.6. The van der Waals surface area contributed by atoms with Crippen LogP contribution >= 0.6 is 11.8 Å². The van der Waals surface area contributed by atoms with Gasteiger partial charge in [-0.2, -0.15) is 0 Å². The van der Waals surface area contributed by atoms with E-state index in [9.17, 15) is 4.79 Å². The lowest BCUT2D eigenvalue weighted by Gasteiger charge is -2.15. The fourth-order valence-electron chi connectivity index (χ4n) is 2.31. The fourth-order valence-corrected chi connectivity index (χ4v) is 3.04. The summed E-state index contributed by atoms with van der Waals surface area (Å²) in [6, 6.07) is 12.8. The number of amides is 1. The van der Waals surface area contributed by atoms with Crippen LogP contribution < -0.4 is 24.3 Å². The lowest BCUT2D eigenvalue weighted by Crippen LogP contribution is -2.37. The third-order valence-electron chi connectivity index (χ3n) is 3.69. The van der Waals surface area contributed by atoms with E-state index in [0.29, 0.717) is 23.9 Å². The predicted octanol–water partition coefficient (Wildman–Crippen LogP) is 3.39. The van der Waals surface area contributed by atoms with Gasteiger partial charge in [-0.05, 0) is 49.4 Å². The van der Waals surface area contributed by atoms with Gasteiger partial charge < -0.3 is 24.3 Å². The van der Waals surface area contributed by atoms with Crippen molar-refractivity contribution in [3.63, 3.8) is 0 Å². The Hall–Kier alpha value is -2.54. The predicted molar refractivity (Wildman–Crippen MR) is 106 cm³/mol. The molecule has 0 aliphatic rings. The molecule has 0 fully saturated rings. The van der Waals surface area contributed by atoms with Crippen LogP contribution in [0.3, 0.4) is 0 Å². The second-order valence-electron chi connectivity index (χ2n) is 5.76. The highest BCUT2D eigenvalue weighted by Gasteiger charge is 2.10. The molecule has 0 bridgehead atoms. The fraction of sp³-hybridized carbons (Fsp3) is 0.350. The number of carbonyl (C=O) groups is 1. The molecule has 0 radical (unpaired) electrons. The topological polar surface area (TPSA) is 66.0 Å². The molecule has 2 rings (SSSR count). The number of benzene rings is 2. The SMILES string of the molecule is COc1ccc(OCC(C)NC(=O)CSc2ccc(OC)c(OC)c2)cc1. The van der Waals surface area contributed by atoms with E-state index in [-0.39, 0.29) is 11.9 Å². The summed E-state index contributed by atoms with van der Waals surface area (Å²) in [4.78, 5) is 13.1. The Morgan fingerprint density at radius 1 is 0.963 bits per heavy atom. The van der Waals surface area contributed by atoms with Gasteiger partial charge in [0.1, 0.15) is 18.1 Å². The average Bonchev–Trinajstić information content (AvgIpc) is 2.70. The van der Waals surface area contributed by atoms with Crippen LogP contribution in [0.4, 0.5) is 0 Å².